The van der Waals surface area contributed by atoms with Crippen LogP contribution in [-0.4, -0.2) is 38.3 Å². The SMILES string of the molecule is CCc1cc(CNC)cc(N(C)CC2CCCCO2)n1. The lowest BCUT2D eigenvalue weighted by atomic mass is 10.1. The van der Waals surface area contributed by atoms with E-state index in [1.165, 1.54) is 24.8 Å². The van der Waals surface area contributed by atoms with Crippen molar-refractivity contribution in [2.24, 2.45) is 0 Å². The van der Waals surface area contributed by atoms with Gasteiger partial charge in [-0.1, -0.05) is 6.92 Å². The Morgan fingerprint density at radius 1 is 1.40 bits per heavy atom. The Balaban J connectivity index is 2.06. The van der Waals surface area contributed by atoms with Crippen LogP contribution in [0.3, 0.4) is 0 Å². The fraction of sp³-hybridized carbons (Fsp3) is 0.688. The summed E-state index contributed by atoms with van der Waals surface area (Å²) in [6, 6.07) is 4.36. The lowest BCUT2D eigenvalue weighted by molar-refractivity contribution is 0.0215. The van der Waals surface area contributed by atoms with Crippen LogP contribution in [0, 0.1) is 0 Å². The summed E-state index contributed by atoms with van der Waals surface area (Å²) in [5, 5.41) is 3.21. The molecule has 1 unspecified atom stereocenters. The molecule has 0 bridgehead atoms. The van der Waals surface area contributed by atoms with E-state index in [9.17, 15) is 0 Å². The van der Waals surface area contributed by atoms with Crippen molar-refractivity contribution in [2.45, 2.75) is 45.3 Å². The second kappa shape index (κ2) is 7.60. The van der Waals surface area contributed by atoms with Gasteiger partial charge in [0.1, 0.15) is 5.82 Å². The van der Waals surface area contributed by atoms with E-state index >= 15 is 0 Å². The van der Waals surface area contributed by atoms with E-state index in [4.69, 9.17) is 9.72 Å². The molecule has 1 aromatic heterocycles. The third-order valence-electron chi connectivity index (χ3n) is 3.81. The highest BCUT2D eigenvalue weighted by atomic mass is 16.5. The zero-order chi connectivity index (χ0) is 14.4. The van der Waals surface area contributed by atoms with Gasteiger partial charge in [0.15, 0.2) is 0 Å². The Labute approximate surface area is 122 Å². The van der Waals surface area contributed by atoms with Gasteiger partial charge in [0.25, 0.3) is 0 Å². The first-order valence-electron chi connectivity index (χ1n) is 7.70. The first kappa shape index (κ1) is 15.3. The summed E-state index contributed by atoms with van der Waals surface area (Å²) in [5.41, 5.74) is 2.45. The molecule has 1 aromatic rings. The predicted octanol–water partition coefficient (Wildman–Crippen LogP) is 2.37. The van der Waals surface area contributed by atoms with Gasteiger partial charge in [0.2, 0.25) is 0 Å². The average Bonchev–Trinajstić information content (AvgIpc) is 2.48. The summed E-state index contributed by atoms with van der Waals surface area (Å²) in [5.74, 6) is 1.06. The second-order valence-corrected chi connectivity index (χ2v) is 5.58. The van der Waals surface area contributed by atoms with Gasteiger partial charge in [0.05, 0.1) is 6.10 Å². The molecule has 1 atom stereocenters. The fourth-order valence-corrected chi connectivity index (χ4v) is 2.67. The number of hydrogen-bond acceptors (Lipinski definition) is 4. The standard InChI is InChI=1S/C16H27N3O/c1-4-14-9-13(11-17-2)10-16(18-14)19(3)12-15-7-5-6-8-20-15/h9-10,15,17H,4-8,11-12H2,1-3H3. The largest absolute Gasteiger partial charge is 0.376 e. The number of ether oxygens (including phenoxy) is 1. The minimum Gasteiger partial charge on any atom is -0.376 e. The van der Waals surface area contributed by atoms with E-state index in [2.05, 4.69) is 36.3 Å². The highest BCUT2D eigenvalue weighted by molar-refractivity contribution is 5.42. The molecule has 4 heteroatoms. The van der Waals surface area contributed by atoms with Crippen molar-refractivity contribution >= 4 is 5.82 Å². The molecule has 1 fully saturated rings. The van der Waals surface area contributed by atoms with Crippen molar-refractivity contribution in [3.63, 3.8) is 0 Å². The third kappa shape index (κ3) is 4.18. The van der Waals surface area contributed by atoms with Crippen molar-refractivity contribution in [2.75, 3.05) is 32.1 Å². The maximum atomic E-state index is 5.82. The first-order chi connectivity index (χ1) is 9.72. The van der Waals surface area contributed by atoms with Crippen molar-refractivity contribution in [1.82, 2.24) is 10.3 Å². The molecule has 0 amide bonds. The van der Waals surface area contributed by atoms with Gasteiger partial charge in [-0.2, -0.15) is 0 Å². The van der Waals surface area contributed by atoms with Crippen LogP contribution >= 0.6 is 0 Å². The normalized spacial score (nSPS) is 19.1. The van der Waals surface area contributed by atoms with Crippen LogP contribution in [0.1, 0.15) is 37.4 Å². The number of hydrogen-bond donors (Lipinski definition) is 1. The van der Waals surface area contributed by atoms with E-state index in [-0.39, 0.29) is 0 Å². The van der Waals surface area contributed by atoms with Gasteiger partial charge < -0.3 is 15.0 Å². The van der Waals surface area contributed by atoms with Crippen molar-refractivity contribution in [3.8, 4) is 0 Å². The summed E-state index contributed by atoms with van der Waals surface area (Å²) < 4.78 is 5.82. The molecule has 2 heterocycles. The van der Waals surface area contributed by atoms with E-state index in [0.29, 0.717) is 6.10 Å². The lowest BCUT2D eigenvalue weighted by Gasteiger charge is -2.28. The van der Waals surface area contributed by atoms with Gasteiger partial charge in [-0.25, -0.2) is 4.98 Å². The van der Waals surface area contributed by atoms with E-state index in [0.717, 1.165) is 37.6 Å². The number of pyridine rings is 1. The molecule has 1 N–H and O–H groups in total. The zero-order valence-corrected chi connectivity index (χ0v) is 13.0. The van der Waals surface area contributed by atoms with Crippen molar-refractivity contribution in [3.05, 3.63) is 23.4 Å². The Kier molecular flexibility index (Phi) is 5.80. The number of aryl methyl sites for hydroxylation is 1. The van der Waals surface area contributed by atoms with Crippen LogP contribution in [0.15, 0.2) is 12.1 Å². The van der Waals surface area contributed by atoms with Crippen LogP contribution in [0.25, 0.3) is 0 Å². The molecule has 0 aromatic carbocycles. The first-order valence-corrected chi connectivity index (χ1v) is 7.70. The third-order valence-corrected chi connectivity index (χ3v) is 3.81. The number of aromatic nitrogens is 1. The van der Waals surface area contributed by atoms with Gasteiger partial charge in [0, 0.05) is 32.4 Å². The Morgan fingerprint density at radius 2 is 2.25 bits per heavy atom. The molecule has 112 valence electrons. The van der Waals surface area contributed by atoms with Crippen LogP contribution in [-0.2, 0) is 17.7 Å². The number of anilines is 1. The molecule has 0 radical (unpaired) electrons. The van der Waals surface area contributed by atoms with Crippen molar-refractivity contribution < 1.29 is 4.74 Å². The van der Waals surface area contributed by atoms with Gasteiger partial charge in [-0.15, -0.1) is 0 Å². The maximum Gasteiger partial charge on any atom is 0.128 e. The lowest BCUT2D eigenvalue weighted by Crippen LogP contribution is -2.34. The molecule has 1 aliphatic rings. The summed E-state index contributed by atoms with van der Waals surface area (Å²) in [6.07, 6.45) is 4.98. The summed E-state index contributed by atoms with van der Waals surface area (Å²) in [4.78, 5) is 6.97. The maximum absolute atomic E-state index is 5.82. The fourth-order valence-electron chi connectivity index (χ4n) is 2.67. The van der Waals surface area contributed by atoms with Crippen LogP contribution in [0.4, 0.5) is 5.82 Å². The molecule has 1 aliphatic heterocycles. The van der Waals surface area contributed by atoms with Gasteiger partial charge >= 0.3 is 0 Å². The molecule has 20 heavy (non-hydrogen) atoms. The zero-order valence-electron chi connectivity index (χ0n) is 13.0. The number of likely N-dealkylation sites (N-methyl/N-ethyl adjacent to an activating group) is 1. The molecule has 0 spiro atoms. The second-order valence-electron chi connectivity index (χ2n) is 5.58. The van der Waals surface area contributed by atoms with E-state index in [1.807, 2.05) is 7.05 Å². The summed E-state index contributed by atoms with van der Waals surface area (Å²) in [7, 11) is 4.09. The average molecular weight is 277 g/mol. The molecule has 0 aliphatic carbocycles. The minimum absolute atomic E-state index is 0.355. The monoisotopic (exact) mass is 277 g/mol. The Morgan fingerprint density at radius 3 is 2.90 bits per heavy atom. The topological polar surface area (TPSA) is 37.4 Å². The van der Waals surface area contributed by atoms with E-state index < -0.39 is 0 Å². The Bertz CT molecular complexity index is 416. The molecule has 1 saturated heterocycles. The van der Waals surface area contributed by atoms with Gasteiger partial charge in [-0.05, 0) is 50.4 Å². The highest BCUT2D eigenvalue weighted by Gasteiger charge is 2.17. The summed E-state index contributed by atoms with van der Waals surface area (Å²) in [6.45, 7) is 4.88. The van der Waals surface area contributed by atoms with Gasteiger partial charge in [-0.3, -0.25) is 0 Å². The molecule has 4 nitrogen and oxygen atoms in total. The number of rotatable bonds is 6. The highest BCUT2D eigenvalue weighted by Crippen LogP contribution is 2.18. The Hall–Kier alpha value is -1.13. The quantitative estimate of drug-likeness (QED) is 0.866. The van der Waals surface area contributed by atoms with E-state index in [1.54, 1.807) is 0 Å². The summed E-state index contributed by atoms with van der Waals surface area (Å²) >= 11 is 0. The molecule has 0 saturated carbocycles. The van der Waals surface area contributed by atoms with Crippen LogP contribution < -0.4 is 10.2 Å². The van der Waals surface area contributed by atoms with Crippen molar-refractivity contribution in [1.29, 1.82) is 0 Å². The smallest absolute Gasteiger partial charge is 0.128 e. The predicted molar refractivity (Wildman–Crippen MR) is 83.2 cm³/mol. The molecular weight excluding hydrogens is 250 g/mol. The van der Waals surface area contributed by atoms with Crippen LogP contribution in [0.5, 0.6) is 0 Å². The molecular formula is C16H27N3O. The van der Waals surface area contributed by atoms with Crippen LogP contribution in [0.2, 0.25) is 0 Å². The minimum atomic E-state index is 0.355. The number of nitrogens with one attached hydrogen (secondary N) is 1. The number of nitrogens with zero attached hydrogens (tertiary/aromatic N) is 2. The molecule has 2 rings (SSSR count).